The van der Waals surface area contributed by atoms with Gasteiger partial charge in [-0.3, -0.25) is 14.3 Å². The molecule has 0 amide bonds. The normalized spacial score (nSPS) is 11.7. The van der Waals surface area contributed by atoms with Crippen molar-refractivity contribution in [2.75, 3.05) is 11.4 Å². The molecule has 2 heterocycles. The van der Waals surface area contributed by atoms with Crippen molar-refractivity contribution < 1.29 is 8.42 Å². The summed E-state index contributed by atoms with van der Waals surface area (Å²) in [6.45, 7) is 0. The SMILES string of the molecule is CN(c1ccc2nccnc2c1)S(=O)(=O)c1cccs1. The fraction of sp³-hybridized carbons (Fsp3) is 0.0769. The summed E-state index contributed by atoms with van der Waals surface area (Å²) in [5.74, 6) is 0. The second kappa shape index (κ2) is 4.84. The van der Waals surface area contributed by atoms with Crippen LogP contribution in [0, 0.1) is 0 Å². The van der Waals surface area contributed by atoms with Crippen molar-refractivity contribution in [2.24, 2.45) is 0 Å². The second-order valence-electron chi connectivity index (χ2n) is 4.13. The van der Waals surface area contributed by atoms with Crippen LogP contribution in [0.3, 0.4) is 0 Å². The van der Waals surface area contributed by atoms with Crippen LogP contribution in [0.1, 0.15) is 0 Å². The van der Waals surface area contributed by atoms with E-state index in [2.05, 4.69) is 9.97 Å². The molecule has 0 saturated carbocycles. The molecule has 3 aromatic rings. The van der Waals surface area contributed by atoms with Crippen LogP contribution in [-0.4, -0.2) is 25.4 Å². The summed E-state index contributed by atoms with van der Waals surface area (Å²) in [6.07, 6.45) is 3.19. The lowest BCUT2D eigenvalue weighted by Gasteiger charge is -2.18. The summed E-state index contributed by atoms with van der Waals surface area (Å²) >= 11 is 1.20. The van der Waals surface area contributed by atoms with Crippen molar-refractivity contribution in [2.45, 2.75) is 4.21 Å². The molecule has 0 aliphatic heterocycles. The quantitative estimate of drug-likeness (QED) is 0.746. The molecule has 0 saturated heterocycles. The molecular formula is C13H11N3O2S2. The van der Waals surface area contributed by atoms with E-state index in [0.717, 1.165) is 5.52 Å². The first-order valence-corrected chi connectivity index (χ1v) is 8.14. The fourth-order valence-electron chi connectivity index (χ4n) is 1.83. The molecule has 0 unspecified atom stereocenters. The van der Waals surface area contributed by atoms with E-state index in [-0.39, 0.29) is 0 Å². The Morgan fingerprint density at radius 1 is 1.10 bits per heavy atom. The van der Waals surface area contributed by atoms with Crippen molar-refractivity contribution in [3.63, 3.8) is 0 Å². The molecule has 0 N–H and O–H groups in total. The van der Waals surface area contributed by atoms with E-state index in [4.69, 9.17) is 0 Å². The average molecular weight is 305 g/mol. The van der Waals surface area contributed by atoms with E-state index in [1.54, 1.807) is 48.1 Å². The number of hydrogen-bond donors (Lipinski definition) is 0. The summed E-state index contributed by atoms with van der Waals surface area (Å²) in [7, 11) is -1.98. The predicted octanol–water partition coefficient (Wildman–Crippen LogP) is 2.52. The zero-order valence-electron chi connectivity index (χ0n) is 10.6. The highest BCUT2D eigenvalue weighted by Crippen LogP contribution is 2.26. The first-order valence-electron chi connectivity index (χ1n) is 5.82. The van der Waals surface area contributed by atoms with Gasteiger partial charge in [0.25, 0.3) is 10.0 Å². The van der Waals surface area contributed by atoms with Crippen molar-refractivity contribution >= 4 is 38.1 Å². The minimum atomic E-state index is -3.51. The van der Waals surface area contributed by atoms with Gasteiger partial charge in [0.15, 0.2) is 0 Å². The average Bonchev–Trinajstić information content (AvgIpc) is 3.01. The smallest absolute Gasteiger partial charge is 0.269 e. The highest BCUT2D eigenvalue weighted by molar-refractivity contribution is 7.94. The molecule has 0 spiro atoms. The highest BCUT2D eigenvalue weighted by atomic mass is 32.2. The lowest BCUT2D eigenvalue weighted by Crippen LogP contribution is -2.25. The molecular weight excluding hydrogens is 294 g/mol. The Hall–Kier alpha value is -1.99. The van der Waals surface area contributed by atoms with Crippen molar-refractivity contribution in [3.05, 3.63) is 48.1 Å². The van der Waals surface area contributed by atoms with Crippen LogP contribution in [0.15, 0.2) is 52.3 Å². The van der Waals surface area contributed by atoms with E-state index in [9.17, 15) is 8.42 Å². The lowest BCUT2D eigenvalue weighted by molar-refractivity contribution is 0.596. The molecule has 20 heavy (non-hydrogen) atoms. The van der Waals surface area contributed by atoms with E-state index in [0.29, 0.717) is 15.4 Å². The van der Waals surface area contributed by atoms with Crippen LogP contribution < -0.4 is 4.31 Å². The topological polar surface area (TPSA) is 63.2 Å². The van der Waals surface area contributed by atoms with Gasteiger partial charge in [-0.05, 0) is 29.6 Å². The van der Waals surface area contributed by atoms with E-state index in [1.165, 1.54) is 22.7 Å². The maximum Gasteiger partial charge on any atom is 0.273 e. The third-order valence-corrected chi connectivity index (χ3v) is 6.08. The molecule has 0 aliphatic rings. The molecule has 0 radical (unpaired) electrons. The highest BCUT2D eigenvalue weighted by Gasteiger charge is 2.22. The predicted molar refractivity (Wildman–Crippen MR) is 79.4 cm³/mol. The summed E-state index contributed by atoms with van der Waals surface area (Å²) in [5, 5.41) is 1.74. The van der Waals surface area contributed by atoms with Crippen molar-refractivity contribution in [1.82, 2.24) is 9.97 Å². The summed E-state index contributed by atoms with van der Waals surface area (Å²) in [5.41, 5.74) is 1.96. The first-order chi connectivity index (χ1) is 9.59. The number of nitrogens with zero attached hydrogens (tertiary/aromatic N) is 3. The first kappa shape index (κ1) is 13.0. The number of sulfonamides is 1. The van der Waals surface area contributed by atoms with Gasteiger partial charge in [-0.2, -0.15) is 0 Å². The Morgan fingerprint density at radius 3 is 2.55 bits per heavy atom. The number of rotatable bonds is 3. The van der Waals surface area contributed by atoms with Gasteiger partial charge >= 0.3 is 0 Å². The molecule has 0 aliphatic carbocycles. The Balaban J connectivity index is 2.06. The fourth-order valence-corrected chi connectivity index (χ4v) is 4.18. The van der Waals surface area contributed by atoms with Crippen LogP contribution in [0.4, 0.5) is 5.69 Å². The van der Waals surface area contributed by atoms with Gasteiger partial charge < -0.3 is 0 Å². The minimum Gasteiger partial charge on any atom is -0.269 e. The number of benzene rings is 1. The Bertz CT molecular complexity index is 845. The van der Waals surface area contributed by atoms with E-state index >= 15 is 0 Å². The number of fused-ring (bicyclic) bond motifs is 1. The minimum absolute atomic E-state index is 0.319. The van der Waals surface area contributed by atoms with Gasteiger partial charge in [0, 0.05) is 19.4 Å². The van der Waals surface area contributed by atoms with Gasteiger partial charge in [-0.25, -0.2) is 8.42 Å². The van der Waals surface area contributed by atoms with Crippen LogP contribution in [0.5, 0.6) is 0 Å². The zero-order valence-corrected chi connectivity index (χ0v) is 12.2. The molecule has 102 valence electrons. The second-order valence-corrected chi connectivity index (χ2v) is 7.28. The van der Waals surface area contributed by atoms with Gasteiger partial charge in [0.2, 0.25) is 0 Å². The molecule has 0 atom stereocenters. The van der Waals surface area contributed by atoms with Gasteiger partial charge in [0.1, 0.15) is 4.21 Å². The van der Waals surface area contributed by atoms with Crippen molar-refractivity contribution in [3.8, 4) is 0 Å². The maximum atomic E-state index is 12.4. The molecule has 5 nitrogen and oxygen atoms in total. The molecule has 7 heteroatoms. The molecule has 0 bridgehead atoms. The van der Waals surface area contributed by atoms with Crippen LogP contribution in [0.25, 0.3) is 11.0 Å². The van der Waals surface area contributed by atoms with Crippen LogP contribution >= 0.6 is 11.3 Å². The van der Waals surface area contributed by atoms with Crippen LogP contribution in [0.2, 0.25) is 0 Å². The number of hydrogen-bond acceptors (Lipinski definition) is 5. The third kappa shape index (κ3) is 2.14. The molecule has 0 fully saturated rings. The summed E-state index contributed by atoms with van der Waals surface area (Å²) in [4.78, 5) is 8.35. The van der Waals surface area contributed by atoms with Gasteiger partial charge in [-0.1, -0.05) is 6.07 Å². The monoisotopic (exact) mass is 305 g/mol. The van der Waals surface area contributed by atoms with E-state index < -0.39 is 10.0 Å². The largest absolute Gasteiger partial charge is 0.273 e. The Morgan fingerprint density at radius 2 is 1.85 bits per heavy atom. The number of anilines is 1. The molecule has 1 aromatic carbocycles. The standard InChI is InChI=1S/C13H11N3O2S2/c1-16(20(17,18)13-3-2-8-19-13)10-4-5-11-12(9-10)15-7-6-14-11/h2-9H,1H3. The zero-order chi connectivity index (χ0) is 14.2. The number of thiophene rings is 1. The molecule has 2 aromatic heterocycles. The van der Waals surface area contributed by atoms with E-state index in [1.807, 2.05) is 0 Å². The van der Waals surface area contributed by atoms with Crippen LogP contribution in [-0.2, 0) is 10.0 Å². The van der Waals surface area contributed by atoms with Crippen molar-refractivity contribution in [1.29, 1.82) is 0 Å². The third-order valence-electron chi connectivity index (χ3n) is 2.93. The number of aromatic nitrogens is 2. The molecule has 3 rings (SSSR count). The Labute approximate surface area is 120 Å². The summed E-state index contributed by atoms with van der Waals surface area (Å²) < 4.78 is 26.4. The lowest BCUT2D eigenvalue weighted by atomic mass is 10.2. The van der Waals surface area contributed by atoms with Gasteiger partial charge in [0.05, 0.1) is 16.7 Å². The van der Waals surface area contributed by atoms with Gasteiger partial charge in [-0.15, -0.1) is 11.3 Å². The summed E-state index contributed by atoms with van der Waals surface area (Å²) in [6, 6.07) is 8.52. The maximum absolute atomic E-state index is 12.4. The Kier molecular flexibility index (Phi) is 3.15.